The van der Waals surface area contributed by atoms with Gasteiger partial charge in [-0.2, -0.15) is 0 Å². The molecule has 5 heteroatoms. The number of aryl methyl sites for hydroxylation is 1. The third-order valence-corrected chi connectivity index (χ3v) is 4.21. The van der Waals surface area contributed by atoms with E-state index in [0.717, 1.165) is 23.3 Å². The first-order valence-corrected chi connectivity index (χ1v) is 7.99. The summed E-state index contributed by atoms with van der Waals surface area (Å²) in [4.78, 5) is 23.6. The number of carboxylic acids is 1. The Kier molecular flexibility index (Phi) is 4.51. The Morgan fingerprint density at radius 3 is 2.71 bits per heavy atom. The first-order valence-electron chi connectivity index (χ1n) is 7.99. The van der Waals surface area contributed by atoms with E-state index in [1.165, 1.54) is 12.1 Å². The molecule has 1 amide bonds. The number of rotatable bonds is 4. The van der Waals surface area contributed by atoms with Crippen LogP contribution in [-0.4, -0.2) is 23.6 Å². The second kappa shape index (κ2) is 6.74. The van der Waals surface area contributed by atoms with Gasteiger partial charge in [0.2, 0.25) is 0 Å². The number of hydrogen-bond donors (Lipinski definition) is 2. The van der Waals surface area contributed by atoms with E-state index in [1.807, 2.05) is 18.2 Å². The van der Waals surface area contributed by atoms with Gasteiger partial charge >= 0.3 is 5.97 Å². The van der Waals surface area contributed by atoms with E-state index < -0.39 is 5.97 Å². The highest BCUT2D eigenvalue weighted by atomic mass is 16.5. The van der Waals surface area contributed by atoms with Gasteiger partial charge in [-0.1, -0.05) is 31.2 Å². The van der Waals surface area contributed by atoms with E-state index in [2.05, 4.69) is 12.2 Å². The van der Waals surface area contributed by atoms with Crippen LogP contribution in [0.4, 0.5) is 0 Å². The van der Waals surface area contributed by atoms with Crippen LogP contribution in [0.2, 0.25) is 0 Å². The first-order chi connectivity index (χ1) is 11.6. The molecule has 2 aromatic carbocycles. The molecule has 3 rings (SSSR count). The third-order valence-electron chi connectivity index (χ3n) is 4.21. The summed E-state index contributed by atoms with van der Waals surface area (Å²) >= 11 is 0. The molecule has 5 nitrogen and oxygen atoms in total. The average molecular weight is 325 g/mol. The molecular formula is C19H19NO4. The van der Waals surface area contributed by atoms with Crippen LogP contribution in [0, 0.1) is 0 Å². The number of benzene rings is 2. The molecule has 1 aliphatic rings. The third kappa shape index (κ3) is 3.11. The normalized spacial score (nSPS) is 16.0. The van der Waals surface area contributed by atoms with Crippen molar-refractivity contribution in [3.8, 4) is 5.75 Å². The molecule has 124 valence electrons. The summed E-state index contributed by atoms with van der Waals surface area (Å²) < 4.78 is 5.78. The lowest BCUT2D eigenvalue weighted by atomic mass is 9.96. The number of aromatic carboxylic acids is 1. The van der Waals surface area contributed by atoms with Crippen molar-refractivity contribution in [2.75, 3.05) is 6.61 Å². The van der Waals surface area contributed by atoms with E-state index in [9.17, 15) is 9.59 Å². The van der Waals surface area contributed by atoms with Crippen LogP contribution in [0.25, 0.3) is 0 Å². The largest absolute Gasteiger partial charge is 0.493 e. The van der Waals surface area contributed by atoms with Crippen molar-refractivity contribution < 1.29 is 19.4 Å². The van der Waals surface area contributed by atoms with Gasteiger partial charge in [0.25, 0.3) is 5.91 Å². The fourth-order valence-corrected chi connectivity index (χ4v) is 2.95. The van der Waals surface area contributed by atoms with Crippen molar-refractivity contribution >= 4 is 11.9 Å². The number of carboxylic acid groups (broad SMARTS) is 1. The van der Waals surface area contributed by atoms with Crippen LogP contribution < -0.4 is 10.1 Å². The molecule has 2 N–H and O–H groups in total. The Morgan fingerprint density at radius 1 is 1.21 bits per heavy atom. The summed E-state index contributed by atoms with van der Waals surface area (Å²) in [6.07, 6.45) is 1.55. The number of fused-ring (bicyclic) bond motifs is 1. The van der Waals surface area contributed by atoms with E-state index >= 15 is 0 Å². The summed E-state index contributed by atoms with van der Waals surface area (Å²) in [6.45, 7) is 2.61. The van der Waals surface area contributed by atoms with Gasteiger partial charge in [0.15, 0.2) is 0 Å². The SMILES string of the molecule is CCc1cccc2c1OCCC2NC(=O)c1cccc(C(=O)O)c1. The predicted molar refractivity (Wildman–Crippen MR) is 89.5 cm³/mol. The average Bonchev–Trinajstić information content (AvgIpc) is 2.61. The zero-order chi connectivity index (χ0) is 17.1. The number of hydrogen-bond acceptors (Lipinski definition) is 3. The van der Waals surface area contributed by atoms with Crippen molar-refractivity contribution in [2.24, 2.45) is 0 Å². The fraction of sp³-hybridized carbons (Fsp3) is 0.263. The molecule has 0 saturated carbocycles. The summed E-state index contributed by atoms with van der Waals surface area (Å²) in [7, 11) is 0. The second-order valence-corrected chi connectivity index (χ2v) is 5.74. The predicted octanol–water partition coefficient (Wildman–Crippen LogP) is 3.20. The minimum absolute atomic E-state index is 0.100. The van der Waals surface area contributed by atoms with Crippen LogP contribution >= 0.6 is 0 Å². The van der Waals surface area contributed by atoms with Gasteiger partial charge in [0.1, 0.15) is 5.75 Å². The Balaban J connectivity index is 1.84. The molecule has 0 radical (unpaired) electrons. The minimum Gasteiger partial charge on any atom is -0.493 e. The van der Waals surface area contributed by atoms with Gasteiger partial charge in [-0.15, -0.1) is 0 Å². The maximum absolute atomic E-state index is 12.5. The monoisotopic (exact) mass is 325 g/mol. The van der Waals surface area contributed by atoms with E-state index in [4.69, 9.17) is 9.84 Å². The standard InChI is InChI=1S/C19H19NO4/c1-2-12-5-4-8-15-16(9-10-24-17(12)15)20-18(21)13-6-3-7-14(11-13)19(22)23/h3-8,11,16H,2,9-10H2,1H3,(H,20,21)(H,22,23). The summed E-state index contributed by atoms with van der Waals surface area (Å²) in [5.41, 5.74) is 2.54. The molecule has 24 heavy (non-hydrogen) atoms. The highest BCUT2D eigenvalue weighted by Crippen LogP contribution is 2.35. The van der Waals surface area contributed by atoms with E-state index in [-0.39, 0.29) is 17.5 Å². The molecule has 0 aromatic heterocycles. The van der Waals surface area contributed by atoms with Crippen LogP contribution in [0.15, 0.2) is 42.5 Å². The fourth-order valence-electron chi connectivity index (χ4n) is 2.95. The molecule has 0 fully saturated rings. The molecule has 0 spiro atoms. The maximum atomic E-state index is 12.5. The van der Waals surface area contributed by atoms with Crippen molar-refractivity contribution in [1.82, 2.24) is 5.32 Å². The smallest absolute Gasteiger partial charge is 0.335 e. The van der Waals surface area contributed by atoms with Gasteiger partial charge in [-0.05, 0) is 30.2 Å². The lowest BCUT2D eigenvalue weighted by Gasteiger charge is -2.28. The molecule has 1 unspecified atom stereocenters. The van der Waals surface area contributed by atoms with Gasteiger partial charge in [-0.3, -0.25) is 4.79 Å². The highest BCUT2D eigenvalue weighted by molar-refractivity contribution is 5.97. The number of nitrogens with one attached hydrogen (secondary N) is 1. The number of carbonyl (C=O) groups excluding carboxylic acids is 1. The van der Waals surface area contributed by atoms with E-state index in [0.29, 0.717) is 18.6 Å². The Labute approximate surface area is 140 Å². The van der Waals surface area contributed by atoms with Crippen LogP contribution in [0.3, 0.4) is 0 Å². The zero-order valence-electron chi connectivity index (χ0n) is 13.4. The number of ether oxygens (including phenoxy) is 1. The van der Waals surface area contributed by atoms with Crippen molar-refractivity contribution in [3.63, 3.8) is 0 Å². The van der Waals surface area contributed by atoms with Crippen molar-refractivity contribution in [3.05, 3.63) is 64.7 Å². The number of carbonyl (C=O) groups is 2. The Bertz CT molecular complexity index is 785. The Hall–Kier alpha value is -2.82. The van der Waals surface area contributed by atoms with Crippen molar-refractivity contribution in [1.29, 1.82) is 0 Å². The van der Waals surface area contributed by atoms with Gasteiger partial charge in [0, 0.05) is 17.5 Å². The molecule has 1 aliphatic heterocycles. The molecule has 1 atom stereocenters. The molecule has 0 aliphatic carbocycles. The Morgan fingerprint density at radius 2 is 1.96 bits per heavy atom. The number of para-hydroxylation sites is 1. The summed E-state index contributed by atoms with van der Waals surface area (Å²) in [6, 6.07) is 11.9. The van der Waals surface area contributed by atoms with Gasteiger partial charge in [-0.25, -0.2) is 4.79 Å². The molecular weight excluding hydrogens is 306 g/mol. The van der Waals surface area contributed by atoms with E-state index in [1.54, 1.807) is 12.1 Å². The van der Waals surface area contributed by atoms with Crippen LogP contribution in [0.1, 0.15) is 51.2 Å². The topological polar surface area (TPSA) is 75.6 Å². The highest BCUT2D eigenvalue weighted by Gasteiger charge is 2.25. The second-order valence-electron chi connectivity index (χ2n) is 5.74. The minimum atomic E-state index is -1.05. The summed E-state index contributed by atoms with van der Waals surface area (Å²) in [5, 5.41) is 12.0. The lowest BCUT2D eigenvalue weighted by molar-refractivity contribution is 0.0697. The molecule has 1 heterocycles. The van der Waals surface area contributed by atoms with Crippen molar-refractivity contribution in [2.45, 2.75) is 25.8 Å². The molecule has 2 aromatic rings. The molecule has 0 bridgehead atoms. The summed E-state index contributed by atoms with van der Waals surface area (Å²) in [5.74, 6) is -0.470. The van der Waals surface area contributed by atoms with Crippen LogP contribution in [-0.2, 0) is 6.42 Å². The first kappa shape index (κ1) is 16.1. The number of amides is 1. The van der Waals surface area contributed by atoms with Crippen LogP contribution in [0.5, 0.6) is 5.75 Å². The zero-order valence-corrected chi connectivity index (χ0v) is 13.4. The quantitative estimate of drug-likeness (QED) is 0.905. The van der Waals surface area contributed by atoms with Gasteiger partial charge < -0.3 is 15.2 Å². The van der Waals surface area contributed by atoms with Gasteiger partial charge in [0.05, 0.1) is 18.2 Å². The maximum Gasteiger partial charge on any atom is 0.335 e. The molecule has 0 saturated heterocycles. The lowest BCUT2D eigenvalue weighted by Crippen LogP contribution is -2.32.